The molecule has 2 saturated heterocycles. The van der Waals surface area contributed by atoms with Crippen molar-refractivity contribution in [3.05, 3.63) is 59.7 Å². The zero-order valence-electron chi connectivity index (χ0n) is 19.0. The third kappa shape index (κ3) is 4.90. The first-order chi connectivity index (χ1) is 15.6. The number of ether oxygens (including phenoxy) is 1. The first-order valence-corrected chi connectivity index (χ1v) is 11.7. The minimum atomic E-state index is -0.0548. The maximum absolute atomic E-state index is 13.3. The number of nitrogens with one attached hydrogen (secondary N) is 1. The highest BCUT2D eigenvalue weighted by molar-refractivity contribution is 6.00. The fraction of sp³-hybridized carbons (Fsp3) is 0.462. The molecule has 2 aliphatic heterocycles. The molecule has 6 nitrogen and oxygen atoms in total. The number of amides is 2. The van der Waals surface area contributed by atoms with Crippen molar-refractivity contribution in [1.29, 1.82) is 0 Å². The van der Waals surface area contributed by atoms with Crippen LogP contribution in [0.4, 0.5) is 5.69 Å². The summed E-state index contributed by atoms with van der Waals surface area (Å²) in [6, 6.07) is 15.6. The Hall–Kier alpha value is -3.02. The van der Waals surface area contributed by atoms with Crippen molar-refractivity contribution in [3.63, 3.8) is 0 Å². The van der Waals surface area contributed by atoms with E-state index in [9.17, 15) is 9.59 Å². The fourth-order valence-corrected chi connectivity index (χ4v) is 4.76. The maximum Gasteiger partial charge on any atom is 0.256 e. The molecule has 2 heterocycles. The Morgan fingerprint density at radius 3 is 2.34 bits per heavy atom. The molecular weight excluding hydrogens is 402 g/mol. The van der Waals surface area contributed by atoms with Gasteiger partial charge in [-0.05, 0) is 75.4 Å². The standard InChI is InChI=1S/C26H33N3O3/c1-19-7-5-6-16-29(19)26(31)23-8-3-4-9-24(23)28-17-14-21(15-18-28)27-25(30)20-10-12-22(32-2)13-11-20/h3-4,8-13,19,21H,5-7,14-18H2,1-2H3,(H,27,30)/t19-/m1/s1. The Morgan fingerprint density at radius 2 is 1.66 bits per heavy atom. The number of benzene rings is 2. The van der Waals surface area contributed by atoms with Crippen molar-refractivity contribution in [1.82, 2.24) is 10.2 Å². The van der Waals surface area contributed by atoms with Crippen molar-refractivity contribution in [2.24, 2.45) is 0 Å². The number of hydrogen-bond acceptors (Lipinski definition) is 4. The van der Waals surface area contributed by atoms with E-state index in [0.29, 0.717) is 11.6 Å². The average molecular weight is 436 g/mol. The molecule has 2 aliphatic rings. The third-order valence-electron chi connectivity index (χ3n) is 6.72. The van der Waals surface area contributed by atoms with E-state index in [4.69, 9.17) is 4.74 Å². The van der Waals surface area contributed by atoms with Gasteiger partial charge in [0, 0.05) is 43.0 Å². The van der Waals surface area contributed by atoms with Crippen LogP contribution in [0, 0.1) is 0 Å². The summed E-state index contributed by atoms with van der Waals surface area (Å²) in [5, 5.41) is 3.16. The van der Waals surface area contributed by atoms with Crippen molar-refractivity contribution in [2.75, 3.05) is 31.6 Å². The van der Waals surface area contributed by atoms with Gasteiger partial charge in [-0.1, -0.05) is 12.1 Å². The van der Waals surface area contributed by atoms with Crippen LogP contribution in [-0.2, 0) is 0 Å². The molecule has 0 saturated carbocycles. The van der Waals surface area contributed by atoms with Crippen LogP contribution in [0.5, 0.6) is 5.75 Å². The van der Waals surface area contributed by atoms with Crippen molar-refractivity contribution < 1.29 is 14.3 Å². The number of para-hydroxylation sites is 1. The molecule has 4 rings (SSSR count). The van der Waals surface area contributed by atoms with E-state index >= 15 is 0 Å². The minimum absolute atomic E-state index is 0.0548. The number of carbonyl (C=O) groups is 2. The molecule has 0 aliphatic carbocycles. The molecule has 0 aromatic heterocycles. The van der Waals surface area contributed by atoms with Gasteiger partial charge in [0.15, 0.2) is 0 Å². The molecule has 0 unspecified atom stereocenters. The second-order valence-corrected chi connectivity index (χ2v) is 8.82. The van der Waals surface area contributed by atoms with E-state index in [1.807, 2.05) is 23.1 Å². The molecule has 0 spiro atoms. The second kappa shape index (κ2) is 10.1. The largest absolute Gasteiger partial charge is 0.497 e. The van der Waals surface area contributed by atoms with Crippen LogP contribution in [0.3, 0.4) is 0 Å². The van der Waals surface area contributed by atoms with Crippen LogP contribution in [0.15, 0.2) is 48.5 Å². The highest BCUT2D eigenvalue weighted by Gasteiger charge is 2.28. The van der Waals surface area contributed by atoms with Gasteiger partial charge in [-0.25, -0.2) is 0 Å². The summed E-state index contributed by atoms with van der Waals surface area (Å²) >= 11 is 0. The summed E-state index contributed by atoms with van der Waals surface area (Å²) in [5.41, 5.74) is 2.44. The highest BCUT2D eigenvalue weighted by Crippen LogP contribution is 2.28. The van der Waals surface area contributed by atoms with E-state index in [1.54, 1.807) is 31.4 Å². The average Bonchev–Trinajstić information content (AvgIpc) is 2.84. The number of anilines is 1. The van der Waals surface area contributed by atoms with Gasteiger partial charge in [-0.15, -0.1) is 0 Å². The molecule has 2 fully saturated rings. The summed E-state index contributed by atoms with van der Waals surface area (Å²) in [6.07, 6.45) is 5.06. The van der Waals surface area contributed by atoms with Crippen molar-refractivity contribution in [2.45, 2.75) is 51.1 Å². The lowest BCUT2D eigenvalue weighted by atomic mass is 9.99. The van der Waals surface area contributed by atoms with Gasteiger partial charge in [0.05, 0.1) is 12.7 Å². The molecule has 2 aromatic carbocycles. The SMILES string of the molecule is COc1ccc(C(=O)NC2CCN(c3ccccc3C(=O)N3CCCC[C@H]3C)CC2)cc1. The first kappa shape index (κ1) is 22.2. The smallest absolute Gasteiger partial charge is 0.256 e. The molecule has 170 valence electrons. The molecule has 1 atom stereocenters. The predicted molar refractivity (Wildman–Crippen MR) is 126 cm³/mol. The number of hydrogen-bond donors (Lipinski definition) is 1. The fourth-order valence-electron chi connectivity index (χ4n) is 4.76. The summed E-state index contributed by atoms with van der Waals surface area (Å²) in [6.45, 7) is 4.62. The lowest BCUT2D eigenvalue weighted by Crippen LogP contribution is -2.46. The number of nitrogens with zero attached hydrogens (tertiary/aromatic N) is 2. The third-order valence-corrected chi connectivity index (χ3v) is 6.72. The van der Waals surface area contributed by atoms with Crippen LogP contribution in [-0.4, -0.2) is 55.5 Å². The van der Waals surface area contributed by atoms with E-state index in [-0.39, 0.29) is 17.9 Å². The van der Waals surface area contributed by atoms with Crippen LogP contribution in [0.2, 0.25) is 0 Å². The molecule has 1 N–H and O–H groups in total. The molecule has 2 aromatic rings. The number of likely N-dealkylation sites (tertiary alicyclic amines) is 1. The Labute approximate surface area is 190 Å². The Bertz CT molecular complexity index is 936. The van der Waals surface area contributed by atoms with E-state index < -0.39 is 0 Å². The predicted octanol–water partition coefficient (Wildman–Crippen LogP) is 4.11. The molecule has 32 heavy (non-hydrogen) atoms. The topological polar surface area (TPSA) is 61.9 Å². The van der Waals surface area contributed by atoms with Gasteiger partial charge in [0.25, 0.3) is 11.8 Å². The van der Waals surface area contributed by atoms with Crippen LogP contribution in [0.1, 0.15) is 59.7 Å². The second-order valence-electron chi connectivity index (χ2n) is 8.82. The van der Waals surface area contributed by atoms with Crippen LogP contribution in [0.25, 0.3) is 0 Å². The maximum atomic E-state index is 13.3. The Balaban J connectivity index is 1.38. The van der Waals surface area contributed by atoms with Gasteiger partial charge in [0.1, 0.15) is 5.75 Å². The quantitative estimate of drug-likeness (QED) is 0.768. The number of carbonyl (C=O) groups excluding carboxylic acids is 2. The number of methoxy groups -OCH3 is 1. The Morgan fingerprint density at radius 1 is 0.938 bits per heavy atom. The van der Waals surface area contributed by atoms with Gasteiger partial charge in [0.2, 0.25) is 0 Å². The van der Waals surface area contributed by atoms with Gasteiger partial charge >= 0.3 is 0 Å². The van der Waals surface area contributed by atoms with Crippen molar-refractivity contribution >= 4 is 17.5 Å². The summed E-state index contributed by atoms with van der Waals surface area (Å²) < 4.78 is 5.16. The lowest BCUT2D eigenvalue weighted by Gasteiger charge is -2.37. The van der Waals surface area contributed by atoms with Gasteiger partial charge in [-0.2, -0.15) is 0 Å². The van der Waals surface area contributed by atoms with Crippen LogP contribution < -0.4 is 15.0 Å². The molecule has 0 radical (unpaired) electrons. The summed E-state index contributed by atoms with van der Waals surface area (Å²) in [5.74, 6) is 0.825. The summed E-state index contributed by atoms with van der Waals surface area (Å²) in [7, 11) is 1.61. The number of piperidine rings is 2. The molecule has 0 bridgehead atoms. The normalized spacial score (nSPS) is 19.5. The summed E-state index contributed by atoms with van der Waals surface area (Å²) in [4.78, 5) is 30.2. The first-order valence-electron chi connectivity index (χ1n) is 11.7. The van der Waals surface area contributed by atoms with Crippen LogP contribution >= 0.6 is 0 Å². The lowest BCUT2D eigenvalue weighted by molar-refractivity contribution is 0.0636. The molecule has 6 heteroatoms. The zero-order valence-corrected chi connectivity index (χ0v) is 19.0. The van der Waals surface area contributed by atoms with E-state index in [1.165, 1.54) is 6.42 Å². The minimum Gasteiger partial charge on any atom is -0.497 e. The Kier molecular flexibility index (Phi) is 6.98. The van der Waals surface area contributed by atoms with E-state index in [2.05, 4.69) is 23.2 Å². The highest BCUT2D eigenvalue weighted by atomic mass is 16.5. The zero-order chi connectivity index (χ0) is 22.5. The van der Waals surface area contributed by atoms with Crippen molar-refractivity contribution in [3.8, 4) is 5.75 Å². The van der Waals surface area contributed by atoms with Gasteiger partial charge < -0.3 is 19.9 Å². The number of rotatable bonds is 5. The monoisotopic (exact) mass is 435 g/mol. The van der Waals surface area contributed by atoms with Gasteiger partial charge in [-0.3, -0.25) is 9.59 Å². The molecule has 2 amide bonds. The molecular formula is C26H33N3O3. The van der Waals surface area contributed by atoms with E-state index in [0.717, 1.165) is 62.3 Å².